The summed E-state index contributed by atoms with van der Waals surface area (Å²) < 4.78 is 43.8. The average Bonchev–Trinajstić information content (AvgIpc) is 3.62. The molecule has 1 amide bonds. The minimum atomic E-state index is -4.42. The number of H-pyrrole nitrogens is 1. The number of halogens is 3. The van der Waals surface area contributed by atoms with Gasteiger partial charge in [-0.05, 0) is 54.2 Å². The number of nitrogens with one attached hydrogen (secondary N) is 2. The third-order valence-electron chi connectivity index (χ3n) is 5.53. The molecule has 4 rings (SSSR count). The van der Waals surface area contributed by atoms with Crippen molar-refractivity contribution in [2.75, 3.05) is 7.11 Å². The molecule has 6 nitrogen and oxygen atoms in total. The summed E-state index contributed by atoms with van der Waals surface area (Å²) >= 11 is 0. The molecular formula is C24H22F3N3O3. The summed E-state index contributed by atoms with van der Waals surface area (Å²) in [5, 5.41) is 2.85. The van der Waals surface area contributed by atoms with Crippen molar-refractivity contribution in [1.29, 1.82) is 0 Å². The zero-order chi connectivity index (χ0) is 23.6. The Morgan fingerprint density at radius 3 is 2.39 bits per heavy atom. The van der Waals surface area contributed by atoms with Crippen molar-refractivity contribution >= 4 is 5.91 Å². The first-order chi connectivity index (χ1) is 15.7. The van der Waals surface area contributed by atoms with Gasteiger partial charge in [0.25, 0.3) is 11.5 Å². The van der Waals surface area contributed by atoms with E-state index in [0.717, 1.165) is 36.6 Å². The van der Waals surface area contributed by atoms with Crippen molar-refractivity contribution in [1.82, 2.24) is 15.3 Å². The van der Waals surface area contributed by atoms with Crippen LogP contribution in [-0.4, -0.2) is 23.0 Å². The fraction of sp³-hybridized carbons (Fsp3) is 0.292. The SMILES string of the molecule is COc1ccc(Cc2nc(C(=O)NC(c3ccc(C(F)(F)F)cc3)C3CC3)cc(=O)[nH]2)cc1. The standard InChI is InChI=1S/C24H22F3N3O3/c1-33-18-10-2-14(3-11-18)12-20-28-19(13-21(31)29-20)23(32)30-22(15-4-5-15)16-6-8-17(9-7-16)24(25,26)27/h2-3,6-11,13,15,22H,4-5,12H2,1H3,(H,30,32)(H,28,29,31). The van der Waals surface area contributed by atoms with Crippen molar-refractivity contribution in [2.45, 2.75) is 31.5 Å². The molecule has 0 spiro atoms. The van der Waals surface area contributed by atoms with Crippen LogP contribution in [0.15, 0.2) is 59.4 Å². The fourth-order valence-electron chi connectivity index (χ4n) is 3.64. The second kappa shape index (κ2) is 9.09. The lowest BCUT2D eigenvalue weighted by molar-refractivity contribution is -0.137. The number of ether oxygens (including phenoxy) is 1. The molecule has 0 saturated heterocycles. The Morgan fingerprint density at radius 2 is 1.82 bits per heavy atom. The highest BCUT2D eigenvalue weighted by atomic mass is 19.4. The van der Waals surface area contributed by atoms with E-state index < -0.39 is 29.2 Å². The summed E-state index contributed by atoms with van der Waals surface area (Å²) in [6, 6.07) is 12.7. The summed E-state index contributed by atoms with van der Waals surface area (Å²) in [6.07, 6.45) is -2.40. The predicted octanol–water partition coefficient (Wildman–Crippen LogP) is 4.27. The van der Waals surface area contributed by atoms with Gasteiger partial charge < -0.3 is 15.0 Å². The second-order valence-corrected chi connectivity index (χ2v) is 8.01. The van der Waals surface area contributed by atoms with Crippen LogP contribution in [0.5, 0.6) is 5.75 Å². The van der Waals surface area contributed by atoms with Crippen LogP contribution < -0.4 is 15.6 Å². The van der Waals surface area contributed by atoms with Crippen molar-refractivity contribution in [3.63, 3.8) is 0 Å². The Labute approximate surface area is 187 Å². The third kappa shape index (κ3) is 5.60. The van der Waals surface area contributed by atoms with Crippen LogP contribution in [0.25, 0.3) is 0 Å². The number of benzene rings is 2. The average molecular weight is 457 g/mol. The number of rotatable bonds is 7. The van der Waals surface area contributed by atoms with Crippen LogP contribution in [0.3, 0.4) is 0 Å². The van der Waals surface area contributed by atoms with E-state index in [0.29, 0.717) is 23.6 Å². The smallest absolute Gasteiger partial charge is 0.416 e. The first kappa shape index (κ1) is 22.6. The molecule has 1 saturated carbocycles. The molecular weight excluding hydrogens is 435 g/mol. The van der Waals surface area contributed by atoms with Gasteiger partial charge in [0.15, 0.2) is 0 Å². The van der Waals surface area contributed by atoms with Gasteiger partial charge >= 0.3 is 6.18 Å². The van der Waals surface area contributed by atoms with Crippen LogP contribution in [0, 0.1) is 5.92 Å². The van der Waals surface area contributed by atoms with Crippen LogP contribution in [-0.2, 0) is 12.6 Å². The molecule has 0 bridgehead atoms. The molecule has 1 atom stereocenters. The maximum atomic E-state index is 12.9. The monoisotopic (exact) mass is 457 g/mol. The summed E-state index contributed by atoms with van der Waals surface area (Å²) in [4.78, 5) is 32.0. The topological polar surface area (TPSA) is 84.1 Å². The molecule has 33 heavy (non-hydrogen) atoms. The molecule has 0 radical (unpaired) electrons. The van der Waals surface area contributed by atoms with Crippen LogP contribution in [0.2, 0.25) is 0 Å². The molecule has 1 heterocycles. The first-order valence-corrected chi connectivity index (χ1v) is 10.4. The quantitative estimate of drug-likeness (QED) is 0.555. The van der Waals surface area contributed by atoms with Gasteiger partial charge in [0.05, 0.1) is 18.7 Å². The number of alkyl halides is 3. The van der Waals surface area contributed by atoms with E-state index in [1.807, 2.05) is 12.1 Å². The van der Waals surface area contributed by atoms with E-state index in [2.05, 4.69) is 15.3 Å². The van der Waals surface area contributed by atoms with Gasteiger partial charge in [-0.15, -0.1) is 0 Å². The van der Waals surface area contributed by atoms with Crippen molar-refractivity contribution in [3.05, 3.63) is 93.2 Å². The van der Waals surface area contributed by atoms with Gasteiger partial charge in [0, 0.05) is 12.5 Å². The van der Waals surface area contributed by atoms with Crippen molar-refractivity contribution in [3.8, 4) is 5.75 Å². The highest BCUT2D eigenvalue weighted by Crippen LogP contribution is 2.41. The van der Waals surface area contributed by atoms with E-state index in [-0.39, 0.29) is 11.6 Å². The normalized spacial score (nSPS) is 14.5. The van der Waals surface area contributed by atoms with Gasteiger partial charge in [-0.1, -0.05) is 24.3 Å². The lowest BCUT2D eigenvalue weighted by Crippen LogP contribution is -2.32. The highest BCUT2D eigenvalue weighted by Gasteiger charge is 2.35. The zero-order valence-electron chi connectivity index (χ0n) is 17.8. The molecule has 3 aromatic rings. The third-order valence-corrected chi connectivity index (χ3v) is 5.53. The molecule has 2 N–H and O–H groups in total. The summed E-state index contributed by atoms with van der Waals surface area (Å²) in [5.41, 5.74) is 0.210. The molecule has 1 aliphatic carbocycles. The Kier molecular flexibility index (Phi) is 6.22. The van der Waals surface area contributed by atoms with E-state index in [4.69, 9.17) is 4.74 Å². The van der Waals surface area contributed by atoms with E-state index in [1.54, 1.807) is 19.2 Å². The van der Waals surface area contributed by atoms with Gasteiger partial charge in [0.2, 0.25) is 0 Å². The van der Waals surface area contributed by atoms with E-state index in [1.165, 1.54) is 12.1 Å². The second-order valence-electron chi connectivity index (χ2n) is 8.01. The highest BCUT2D eigenvalue weighted by molar-refractivity contribution is 5.92. The number of nitrogens with zero attached hydrogens (tertiary/aromatic N) is 1. The summed E-state index contributed by atoms with van der Waals surface area (Å²) in [5.74, 6) is 0.610. The number of carbonyl (C=O) groups is 1. The van der Waals surface area contributed by atoms with Gasteiger partial charge in [-0.2, -0.15) is 13.2 Å². The largest absolute Gasteiger partial charge is 0.497 e. The minimum absolute atomic E-state index is 0.0418. The summed E-state index contributed by atoms with van der Waals surface area (Å²) in [7, 11) is 1.57. The fourth-order valence-corrected chi connectivity index (χ4v) is 3.64. The lowest BCUT2D eigenvalue weighted by Gasteiger charge is -2.19. The maximum Gasteiger partial charge on any atom is 0.416 e. The van der Waals surface area contributed by atoms with Gasteiger partial charge in [0.1, 0.15) is 17.3 Å². The first-order valence-electron chi connectivity index (χ1n) is 10.4. The van der Waals surface area contributed by atoms with Crippen LogP contribution in [0.4, 0.5) is 13.2 Å². The molecule has 9 heteroatoms. The number of aromatic nitrogens is 2. The van der Waals surface area contributed by atoms with E-state index in [9.17, 15) is 22.8 Å². The number of carbonyl (C=O) groups excluding carboxylic acids is 1. The maximum absolute atomic E-state index is 12.9. The number of hydrogen-bond donors (Lipinski definition) is 2. The molecule has 1 fully saturated rings. The van der Waals surface area contributed by atoms with Crippen molar-refractivity contribution < 1.29 is 22.7 Å². The van der Waals surface area contributed by atoms with Gasteiger partial charge in [-0.3, -0.25) is 9.59 Å². The Bertz CT molecular complexity index is 1180. The molecule has 2 aromatic carbocycles. The lowest BCUT2D eigenvalue weighted by atomic mass is 10.0. The van der Waals surface area contributed by atoms with Crippen LogP contribution in [0.1, 0.15) is 51.9 Å². The Balaban J connectivity index is 1.52. The Morgan fingerprint density at radius 1 is 1.15 bits per heavy atom. The number of hydrogen-bond acceptors (Lipinski definition) is 4. The molecule has 0 aliphatic heterocycles. The number of aromatic amines is 1. The predicted molar refractivity (Wildman–Crippen MR) is 115 cm³/mol. The number of amides is 1. The molecule has 1 unspecified atom stereocenters. The minimum Gasteiger partial charge on any atom is -0.497 e. The van der Waals surface area contributed by atoms with E-state index >= 15 is 0 Å². The summed E-state index contributed by atoms with van der Waals surface area (Å²) in [6.45, 7) is 0. The Hall–Kier alpha value is -3.62. The number of methoxy groups -OCH3 is 1. The van der Waals surface area contributed by atoms with Crippen LogP contribution >= 0.6 is 0 Å². The zero-order valence-corrected chi connectivity index (χ0v) is 17.8. The van der Waals surface area contributed by atoms with Gasteiger partial charge in [-0.25, -0.2) is 4.98 Å². The molecule has 1 aliphatic rings. The molecule has 172 valence electrons. The molecule has 1 aromatic heterocycles. The van der Waals surface area contributed by atoms with Crippen molar-refractivity contribution in [2.24, 2.45) is 5.92 Å².